The first kappa shape index (κ1) is 12.1. The summed E-state index contributed by atoms with van der Waals surface area (Å²) in [5.41, 5.74) is 7.56. The van der Waals surface area contributed by atoms with Crippen LogP contribution in [0.1, 0.15) is 12.5 Å². The average Bonchev–Trinajstić information content (AvgIpc) is 2.17. The van der Waals surface area contributed by atoms with Gasteiger partial charge in [-0.3, -0.25) is 0 Å². The summed E-state index contributed by atoms with van der Waals surface area (Å²) in [4.78, 5) is 0. The van der Waals surface area contributed by atoms with Gasteiger partial charge in [0.05, 0.1) is 5.02 Å². The van der Waals surface area contributed by atoms with Crippen molar-refractivity contribution in [1.29, 1.82) is 0 Å². The Balaban J connectivity index is 2.70. The van der Waals surface area contributed by atoms with E-state index in [-0.39, 0.29) is 0 Å². The normalized spacial score (nSPS) is 10.1. The SMILES string of the molecule is C=C(C)COc1ccc(CCN)cc1Cl. The molecule has 2 N–H and O–H groups in total. The van der Waals surface area contributed by atoms with E-state index in [1.807, 2.05) is 25.1 Å². The van der Waals surface area contributed by atoms with Gasteiger partial charge in [0.15, 0.2) is 0 Å². The summed E-state index contributed by atoms with van der Waals surface area (Å²) in [7, 11) is 0. The lowest BCUT2D eigenvalue weighted by molar-refractivity contribution is 0.353. The van der Waals surface area contributed by atoms with Crippen molar-refractivity contribution in [3.63, 3.8) is 0 Å². The molecule has 82 valence electrons. The van der Waals surface area contributed by atoms with Crippen LogP contribution < -0.4 is 10.5 Å². The molecule has 0 aromatic heterocycles. The van der Waals surface area contributed by atoms with Gasteiger partial charge in [-0.2, -0.15) is 0 Å². The van der Waals surface area contributed by atoms with Gasteiger partial charge in [-0.05, 0) is 43.2 Å². The molecule has 0 aliphatic carbocycles. The molecule has 0 saturated heterocycles. The van der Waals surface area contributed by atoms with Crippen molar-refractivity contribution >= 4 is 11.6 Å². The third kappa shape index (κ3) is 3.94. The summed E-state index contributed by atoms with van der Waals surface area (Å²) >= 11 is 6.05. The van der Waals surface area contributed by atoms with Crippen molar-refractivity contribution in [2.24, 2.45) is 5.73 Å². The molecule has 0 bridgehead atoms. The largest absolute Gasteiger partial charge is 0.488 e. The zero-order valence-electron chi connectivity index (χ0n) is 8.92. The smallest absolute Gasteiger partial charge is 0.138 e. The molecule has 0 heterocycles. The van der Waals surface area contributed by atoms with Crippen LogP contribution in [-0.4, -0.2) is 13.2 Å². The second-order valence-electron chi connectivity index (χ2n) is 3.55. The van der Waals surface area contributed by atoms with Gasteiger partial charge in [-0.1, -0.05) is 24.2 Å². The van der Waals surface area contributed by atoms with Gasteiger partial charge >= 0.3 is 0 Å². The molecule has 1 rings (SSSR count). The Labute approximate surface area is 95.7 Å². The van der Waals surface area contributed by atoms with E-state index in [0.717, 1.165) is 17.6 Å². The molecule has 3 heteroatoms. The molecule has 0 amide bonds. The van der Waals surface area contributed by atoms with E-state index in [9.17, 15) is 0 Å². The molecule has 0 atom stereocenters. The van der Waals surface area contributed by atoms with Crippen molar-refractivity contribution in [2.45, 2.75) is 13.3 Å². The number of halogens is 1. The monoisotopic (exact) mass is 225 g/mol. The van der Waals surface area contributed by atoms with Crippen LogP contribution in [0.5, 0.6) is 5.75 Å². The van der Waals surface area contributed by atoms with E-state index in [0.29, 0.717) is 23.9 Å². The van der Waals surface area contributed by atoms with Crippen LogP contribution in [0.4, 0.5) is 0 Å². The number of rotatable bonds is 5. The Morgan fingerprint density at radius 3 is 2.80 bits per heavy atom. The molecule has 0 spiro atoms. The first-order valence-corrected chi connectivity index (χ1v) is 5.27. The fraction of sp³-hybridized carbons (Fsp3) is 0.333. The topological polar surface area (TPSA) is 35.2 Å². The summed E-state index contributed by atoms with van der Waals surface area (Å²) in [6.45, 7) is 6.80. The Morgan fingerprint density at radius 1 is 1.53 bits per heavy atom. The van der Waals surface area contributed by atoms with E-state index in [1.54, 1.807) is 0 Å². The summed E-state index contributed by atoms with van der Waals surface area (Å²) in [5, 5.41) is 0.627. The zero-order valence-corrected chi connectivity index (χ0v) is 9.68. The third-order valence-electron chi connectivity index (χ3n) is 1.90. The molecule has 1 aromatic carbocycles. The van der Waals surface area contributed by atoms with Crippen LogP contribution in [0.25, 0.3) is 0 Å². The Bertz CT molecular complexity index is 349. The highest BCUT2D eigenvalue weighted by atomic mass is 35.5. The minimum absolute atomic E-state index is 0.496. The Morgan fingerprint density at radius 2 is 2.27 bits per heavy atom. The van der Waals surface area contributed by atoms with E-state index >= 15 is 0 Å². The van der Waals surface area contributed by atoms with Crippen molar-refractivity contribution in [3.8, 4) is 5.75 Å². The van der Waals surface area contributed by atoms with E-state index in [1.165, 1.54) is 0 Å². The molecule has 1 aromatic rings. The van der Waals surface area contributed by atoms with Gasteiger partial charge in [0.2, 0.25) is 0 Å². The van der Waals surface area contributed by atoms with Crippen LogP contribution in [0.2, 0.25) is 5.02 Å². The lowest BCUT2D eigenvalue weighted by Gasteiger charge is -2.08. The van der Waals surface area contributed by atoms with Crippen LogP contribution in [-0.2, 0) is 6.42 Å². The molecule has 2 nitrogen and oxygen atoms in total. The quantitative estimate of drug-likeness (QED) is 0.783. The highest BCUT2D eigenvalue weighted by Crippen LogP contribution is 2.25. The predicted molar refractivity (Wildman–Crippen MR) is 64.5 cm³/mol. The van der Waals surface area contributed by atoms with Crippen LogP contribution in [0.3, 0.4) is 0 Å². The molecule has 0 radical (unpaired) electrons. The summed E-state index contributed by atoms with van der Waals surface area (Å²) < 4.78 is 5.47. The second kappa shape index (κ2) is 5.79. The number of hydrogen-bond donors (Lipinski definition) is 1. The third-order valence-corrected chi connectivity index (χ3v) is 2.20. The maximum absolute atomic E-state index is 6.05. The van der Waals surface area contributed by atoms with Gasteiger partial charge in [0.1, 0.15) is 12.4 Å². The minimum atomic E-state index is 0.496. The standard InChI is InChI=1S/C12H16ClNO/c1-9(2)8-15-12-4-3-10(5-6-14)7-11(12)13/h3-4,7H,1,5-6,8,14H2,2H3. The van der Waals surface area contributed by atoms with Gasteiger partial charge in [0.25, 0.3) is 0 Å². The minimum Gasteiger partial charge on any atom is -0.488 e. The molecule has 0 saturated carbocycles. The molecule has 0 unspecified atom stereocenters. The lowest BCUT2D eigenvalue weighted by atomic mass is 10.1. The van der Waals surface area contributed by atoms with Crippen LogP contribution in [0.15, 0.2) is 30.4 Å². The maximum atomic E-state index is 6.05. The highest BCUT2D eigenvalue weighted by molar-refractivity contribution is 6.32. The van der Waals surface area contributed by atoms with Crippen molar-refractivity contribution in [3.05, 3.63) is 40.9 Å². The highest BCUT2D eigenvalue weighted by Gasteiger charge is 2.02. The van der Waals surface area contributed by atoms with Crippen molar-refractivity contribution < 1.29 is 4.74 Å². The van der Waals surface area contributed by atoms with E-state index < -0.39 is 0 Å². The second-order valence-corrected chi connectivity index (χ2v) is 3.96. The van der Waals surface area contributed by atoms with Gasteiger partial charge in [-0.25, -0.2) is 0 Å². The van der Waals surface area contributed by atoms with Crippen molar-refractivity contribution in [1.82, 2.24) is 0 Å². The first-order valence-electron chi connectivity index (χ1n) is 4.89. The van der Waals surface area contributed by atoms with Crippen LogP contribution in [0, 0.1) is 0 Å². The Kier molecular flexibility index (Phi) is 4.66. The molecule has 0 aliphatic rings. The number of benzene rings is 1. The molecule has 0 aliphatic heterocycles. The summed E-state index contributed by atoms with van der Waals surface area (Å²) in [6.07, 6.45) is 0.834. The van der Waals surface area contributed by atoms with E-state index in [2.05, 4.69) is 6.58 Å². The number of nitrogens with two attached hydrogens (primary N) is 1. The van der Waals surface area contributed by atoms with Gasteiger partial charge < -0.3 is 10.5 Å². The molecular formula is C12H16ClNO. The zero-order chi connectivity index (χ0) is 11.3. The fourth-order valence-corrected chi connectivity index (χ4v) is 1.44. The molecule has 0 fully saturated rings. The molecule has 15 heavy (non-hydrogen) atoms. The fourth-order valence-electron chi connectivity index (χ4n) is 1.18. The first-order chi connectivity index (χ1) is 7.13. The predicted octanol–water partition coefficient (Wildman–Crippen LogP) is 2.80. The van der Waals surface area contributed by atoms with Gasteiger partial charge in [-0.15, -0.1) is 0 Å². The Hall–Kier alpha value is -0.990. The lowest BCUT2D eigenvalue weighted by Crippen LogP contribution is -2.03. The molecular weight excluding hydrogens is 210 g/mol. The summed E-state index contributed by atoms with van der Waals surface area (Å²) in [6, 6.07) is 5.74. The summed E-state index contributed by atoms with van der Waals surface area (Å²) in [5.74, 6) is 0.695. The average molecular weight is 226 g/mol. The van der Waals surface area contributed by atoms with E-state index in [4.69, 9.17) is 22.1 Å². The number of hydrogen-bond acceptors (Lipinski definition) is 2. The number of ether oxygens (including phenoxy) is 1. The van der Waals surface area contributed by atoms with Crippen LogP contribution >= 0.6 is 11.6 Å². The van der Waals surface area contributed by atoms with Gasteiger partial charge in [0, 0.05) is 0 Å². The van der Waals surface area contributed by atoms with Crippen molar-refractivity contribution in [2.75, 3.05) is 13.2 Å². The maximum Gasteiger partial charge on any atom is 0.138 e.